The van der Waals surface area contributed by atoms with Crippen LogP contribution in [0.3, 0.4) is 0 Å². The van der Waals surface area contributed by atoms with Crippen molar-refractivity contribution >= 4 is 11.4 Å². The molecule has 2 aromatic rings. The average molecular weight is 1350 g/mol. The third kappa shape index (κ3) is 25.8. The highest BCUT2D eigenvalue weighted by molar-refractivity contribution is 5.90. The van der Waals surface area contributed by atoms with Gasteiger partial charge in [0.15, 0.2) is 0 Å². The third-order valence-electron chi connectivity index (χ3n) is 22.8. The van der Waals surface area contributed by atoms with Crippen molar-refractivity contribution in [2.24, 2.45) is 27.0 Å². The highest BCUT2D eigenvalue weighted by atomic mass is 15.5. The summed E-state index contributed by atoms with van der Waals surface area (Å²) in [4.78, 5) is 18.4. The van der Waals surface area contributed by atoms with Crippen LogP contribution < -0.4 is 0 Å². The molecule has 10 heterocycles. The summed E-state index contributed by atoms with van der Waals surface area (Å²) in [5, 5.41) is 24.1. The van der Waals surface area contributed by atoms with Gasteiger partial charge < -0.3 is 4.90 Å². The van der Waals surface area contributed by atoms with Gasteiger partial charge in [-0.3, -0.25) is 48.8 Å². The van der Waals surface area contributed by atoms with Gasteiger partial charge in [-0.25, -0.2) is 0 Å². The Kier molecular flexibility index (Phi) is 28.5. The molecule has 10 rings (SSSR count). The Bertz CT molecular complexity index is 2480. The highest BCUT2D eigenvalue weighted by Crippen LogP contribution is 2.35. The molecule has 97 heavy (non-hydrogen) atoms. The molecule has 0 aromatic carbocycles. The van der Waals surface area contributed by atoms with Gasteiger partial charge in [-0.2, -0.15) is 20.4 Å². The molecule has 0 atom stereocenters. The van der Waals surface area contributed by atoms with E-state index in [0.29, 0.717) is 57.4 Å². The Labute approximate surface area is 599 Å². The Morgan fingerprint density at radius 3 is 0.763 bits per heavy atom. The minimum atomic E-state index is 0.150. The smallest absolute Gasteiger partial charge is 0.0678 e. The number of nitrogens with zero attached hydrogens (tertiary/aromatic N) is 15. The van der Waals surface area contributed by atoms with Gasteiger partial charge in [0.05, 0.1) is 23.5 Å². The fourth-order valence-electron chi connectivity index (χ4n) is 15.4. The number of piperazine rings is 1. The van der Waals surface area contributed by atoms with Gasteiger partial charge in [0.1, 0.15) is 0 Å². The van der Waals surface area contributed by atoms with Crippen molar-refractivity contribution in [1.82, 2.24) is 63.9 Å². The molecule has 0 spiro atoms. The predicted octanol–water partition coefficient (Wildman–Crippen LogP) is 16.9. The molecule has 0 N–H and O–H groups in total. The summed E-state index contributed by atoms with van der Waals surface area (Å²) < 4.78 is 4.39. The monoisotopic (exact) mass is 1350 g/mol. The number of hydrogen-bond acceptors (Lipinski definition) is 13. The molecule has 15 heteroatoms. The van der Waals surface area contributed by atoms with Gasteiger partial charge in [0.25, 0.3) is 0 Å². The summed E-state index contributed by atoms with van der Waals surface area (Å²) in [6, 6.07) is 6.84. The fraction of sp³-hybridized carbons (Fsp3) is 0.902. The Morgan fingerprint density at radius 1 is 0.289 bits per heavy atom. The molecule has 8 aliphatic rings. The summed E-state index contributed by atoms with van der Waals surface area (Å²) in [7, 11) is 0. The van der Waals surface area contributed by atoms with Crippen LogP contribution in [-0.4, -0.2) is 232 Å². The second kappa shape index (κ2) is 33.2. The molecule has 8 aliphatic heterocycles. The van der Waals surface area contributed by atoms with E-state index in [1.54, 1.807) is 0 Å². The Hall–Kier alpha value is -2.92. The number of likely N-dealkylation sites (tertiary alicyclic amines) is 5. The van der Waals surface area contributed by atoms with E-state index in [2.05, 4.69) is 286 Å². The van der Waals surface area contributed by atoms with E-state index >= 15 is 0 Å². The second-order valence-electron chi connectivity index (χ2n) is 40.9. The van der Waals surface area contributed by atoms with Crippen molar-refractivity contribution in [3.63, 3.8) is 0 Å². The molecule has 0 radical (unpaired) electrons. The maximum Gasteiger partial charge on any atom is 0.0678 e. The highest BCUT2D eigenvalue weighted by Gasteiger charge is 2.37. The van der Waals surface area contributed by atoms with E-state index in [-0.39, 0.29) is 21.7 Å². The summed E-state index contributed by atoms with van der Waals surface area (Å²) >= 11 is 0. The number of aromatic nitrogens is 4. The maximum atomic E-state index is 4.90. The van der Waals surface area contributed by atoms with Crippen LogP contribution in [0, 0.1) is 16.7 Å². The molecule has 2 aromatic heterocycles. The normalized spacial score (nSPS) is 22.7. The first-order chi connectivity index (χ1) is 44.4. The van der Waals surface area contributed by atoms with Crippen LogP contribution in [0.15, 0.2) is 34.7 Å². The van der Waals surface area contributed by atoms with Crippen LogP contribution in [0.4, 0.5) is 0 Å². The largest absolute Gasteiger partial charge is 0.301 e. The van der Waals surface area contributed by atoms with Gasteiger partial charge in [-0.05, 0) is 220 Å². The van der Waals surface area contributed by atoms with Crippen molar-refractivity contribution in [2.75, 3.05) is 111 Å². The predicted molar refractivity (Wildman–Crippen MR) is 418 cm³/mol. The lowest BCUT2D eigenvalue weighted by atomic mass is 9.89. The molecule has 0 bridgehead atoms. The van der Waals surface area contributed by atoms with Crippen LogP contribution in [0.25, 0.3) is 0 Å². The topological polar surface area (TPSA) is 89.5 Å². The molecule has 15 nitrogen and oxygen atoms in total. The van der Waals surface area contributed by atoms with Crippen LogP contribution >= 0.6 is 0 Å². The van der Waals surface area contributed by atoms with Gasteiger partial charge >= 0.3 is 0 Å². The maximum absolute atomic E-state index is 4.90. The molecule has 6 fully saturated rings. The van der Waals surface area contributed by atoms with Crippen LogP contribution in [0.1, 0.15) is 308 Å². The van der Waals surface area contributed by atoms with E-state index in [9.17, 15) is 0 Å². The number of hydrogen-bond donors (Lipinski definition) is 0. The van der Waals surface area contributed by atoms with Crippen molar-refractivity contribution in [3.8, 4) is 0 Å². The summed E-state index contributed by atoms with van der Waals surface area (Å²) in [5.74, 6) is 0.921. The van der Waals surface area contributed by atoms with Crippen molar-refractivity contribution in [1.29, 1.82) is 0 Å². The van der Waals surface area contributed by atoms with Crippen molar-refractivity contribution < 1.29 is 0 Å². The lowest BCUT2D eigenvalue weighted by molar-refractivity contribution is 0.0379. The standard InChI is InChI=1S/C18H37N3.2C16H31N3.2C16H29N3/c1-17(2,3)20-9-7-16(8-10-20)15-19-11-13-21(14-12-19)18(4,5)6;4*1-15(2,3)14-9-12-19(17-14)13-7-10-18(11-8-13)16(4,5)6/h16H,7-15H2,1-6H3;2*13H,7-12H2,1-6H3;2*9,12-13H,7-8,10-11H2,1-6H3. The Balaban J connectivity index is 0.000000192. The summed E-state index contributed by atoms with van der Waals surface area (Å²) in [6.45, 7) is 89.5. The average Bonchev–Trinajstić information content (AvgIpc) is 1.82. The number of rotatable bonds is 6. The van der Waals surface area contributed by atoms with Crippen molar-refractivity contribution in [3.05, 3.63) is 35.9 Å². The zero-order valence-corrected chi connectivity index (χ0v) is 69.4. The molecule has 0 amide bonds. The Morgan fingerprint density at radius 2 is 0.536 bits per heavy atom. The summed E-state index contributed by atoms with van der Waals surface area (Å²) in [6.07, 6.45) is 19.3. The molecule has 560 valence electrons. The lowest BCUT2D eigenvalue weighted by Gasteiger charge is -2.45. The second-order valence-corrected chi connectivity index (χ2v) is 40.9. The van der Waals surface area contributed by atoms with E-state index in [1.165, 1.54) is 185 Å². The van der Waals surface area contributed by atoms with E-state index < -0.39 is 0 Å². The number of piperidine rings is 5. The SMILES string of the molecule is CC(C)(C)C1=NN(C2CCN(C(C)(C)C)CC2)CC1.CC(C)(C)C1=NN(C2CCN(C(C)(C)C)CC2)CC1.CC(C)(C)N1CCC(CN2CCN(C(C)(C)C)CC2)CC1.CC(C)(C)c1ccn(C2CCN(C(C)(C)C)CC2)n1.CC(C)(C)c1ccn(C2CCN(C(C)(C)C)CC2)n1. The van der Waals surface area contributed by atoms with Crippen LogP contribution in [-0.2, 0) is 10.8 Å². The van der Waals surface area contributed by atoms with Crippen LogP contribution in [0.5, 0.6) is 0 Å². The van der Waals surface area contributed by atoms with Gasteiger partial charge in [0, 0.05) is 202 Å². The lowest BCUT2D eigenvalue weighted by Crippen LogP contribution is -2.54. The van der Waals surface area contributed by atoms with Gasteiger partial charge in [0.2, 0.25) is 0 Å². The molecule has 6 saturated heterocycles. The zero-order valence-electron chi connectivity index (χ0n) is 69.4. The summed E-state index contributed by atoms with van der Waals surface area (Å²) in [5.41, 5.74) is 7.85. The van der Waals surface area contributed by atoms with E-state index in [0.717, 1.165) is 31.8 Å². The molecular weight excluding hydrogens is 1200 g/mol. The quantitative estimate of drug-likeness (QED) is 0.277. The fourth-order valence-corrected chi connectivity index (χ4v) is 15.4. The van der Waals surface area contributed by atoms with Crippen LogP contribution in [0.2, 0.25) is 0 Å². The minimum absolute atomic E-state index is 0.150. The first kappa shape index (κ1) is 83.0. The van der Waals surface area contributed by atoms with Gasteiger partial charge in [-0.1, -0.05) is 83.1 Å². The minimum Gasteiger partial charge on any atom is -0.301 e. The van der Waals surface area contributed by atoms with Crippen molar-refractivity contribution in [2.45, 2.75) is 353 Å². The molecule has 0 unspecified atom stereocenters. The first-order valence-corrected chi connectivity index (χ1v) is 39.4. The number of hydrazone groups is 2. The third-order valence-corrected chi connectivity index (χ3v) is 22.8. The first-order valence-electron chi connectivity index (χ1n) is 39.4. The zero-order chi connectivity index (χ0) is 72.7. The van der Waals surface area contributed by atoms with E-state index in [4.69, 9.17) is 20.4 Å². The van der Waals surface area contributed by atoms with Gasteiger partial charge in [-0.15, -0.1) is 0 Å². The van der Waals surface area contributed by atoms with E-state index in [1.807, 2.05) is 0 Å². The molecule has 0 saturated carbocycles. The molecule has 0 aliphatic carbocycles. The molecular formula is C82H157N15.